The van der Waals surface area contributed by atoms with E-state index in [1.165, 1.54) is 12.1 Å². The zero-order valence-corrected chi connectivity index (χ0v) is 14.9. The van der Waals surface area contributed by atoms with Crippen LogP contribution in [-0.2, 0) is 4.74 Å². The summed E-state index contributed by atoms with van der Waals surface area (Å²) < 4.78 is 7.30. The van der Waals surface area contributed by atoms with Gasteiger partial charge in [-0.2, -0.15) is 0 Å². The van der Waals surface area contributed by atoms with Crippen molar-refractivity contribution in [2.75, 3.05) is 6.61 Å². The van der Waals surface area contributed by atoms with Crippen LogP contribution < -0.4 is 0 Å². The molecule has 1 aromatic heterocycles. The van der Waals surface area contributed by atoms with Gasteiger partial charge in [-0.05, 0) is 51.0 Å². The zero-order chi connectivity index (χ0) is 17.4. The number of halogens is 2. The Morgan fingerprint density at radius 1 is 1.17 bits per heavy atom. The second-order valence-corrected chi connectivity index (χ2v) is 6.85. The summed E-state index contributed by atoms with van der Waals surface area (Å²) in [6.45, 7) is 3.59. The number of carbonyl (C=O) groups is 2. The van der Waals surface area contributed by atoms with Crippen molar-refractivity contribution in [3.63, 3.8) is 0 Å². The third-order valence-corrected chi connectivity index (χ3v) is 4.74. The molecule has 3 rings (SSSR count). The number of benzene rings is 1. The number of nitrogens with zero attached hydrogens (tertiary/aromatic N) is 1. The van der Waals surface area contributed by atoms with E-state index in [-0.39, 0.29) is 23.0 Å². The van der Waals surface area contributed by atoms with Gasteiger partial charge in [0.25, 0.3) is 0 Å². The quantitative estimate of drug-likeness (QED) is 0.565. The van der Waals surface area contributed by atoms with Crippen LogP contribution in [0.15, 0.2) is 24.3 Å². The van der Waals surface area contributed by atoms with Crippen molar-refractivity contribution in [3.8, 4) is 0 Å². The molecule has 6 heteroatoms. The molecule has 4 nitrogen and oxygen atoms in total. The number of esters is 1. The van der Waals surface area contributed by atoms with E-state index in [0.717, 1.165) is 24.2 Å². The van der Waals surface area contributed by atoms with Gasteiger partial charge in [0.1, 0.15) is 0 Å². The fourth-order valence-corrected chi connectivity index (χ4v) is 3.26. The molecule has 0 radical (unpaired) electrons. The zero-order valence-electron chi connectivity index (χ0n) is 13.4. The molecule has 1 aliphatic carbocycles. The second kappa shape index (κ2) is 6.61. The van der Waals surface area contributed by atoms with Crippen LogP contribution >= 0.6 is 23.2 Å². The van der Waals surface area contributed by atoms with Crippen LogP contribution in [0.25, 0.3) is 0 Å². The summed E-state index contributed by atoms with van der Waals surface area (Å²) in [6, 6.07) is 6.88. The van der Waals surface area contributed by atoms with Gasteiger partial charge in [0.15, 0.2) is 6.61 Å². The normalized spacial score (nSPS) is 13.8. The molecule has 0 bridgehead atoms. The maximum absolute atomic E-state index is 12.4. The lowest BCUT2D eigenvalue weighted by Gasteiger charge is -2.08. The van der Waals surface area contributed by atoms with E-state index < -0.39 is 5.97 Å². The third kappa shape index (κ3) is 3.35. The first-order chi connectivity index (χ1) is 11.4. The fraction of sp³-hybridized carbons (Fsp3) is 0.333. The minimum absolute atomic E-state index is 0.153. The lowest BCUT2D eigenvalue weighted by molar-refractivity contribution is 0.0474. The highest BCUT2D eigenvalue weighted by atomic mass is 35.5. The first-order valence-electron chi connectivity index (χ1n) is 7.72. The number of carbonyl (C=O) groups excluding carboxylic acids is 2. The lowest BCUT2D eigenvalue weighted by Crippen LogP contribution is -2.15. The van der Waals surface area contributed by atoms with Crippen LogP contribution in [0.4, 0.5) is 0 Å². The molecule has 0 amide bonds. The Bertz CT molecular complexity index is 822. The predicted octanol–water partition coefficient (Wildman–Crippen LogP) is 4.79. The van der Waals surface area contributed by atoms with E-state index in [9.17, 15) is 9.59 Å². The van der Waals surface area contributed by atoms with Crippen LogP contribution in [-0.4, -0.2) is 22.9 Å². The molecule has 1 heterocycles. The Labute approximate surface area is 150 Å². The standard InChI is InChI=1S/C18H17Cl2NO3/c1-10-7-14(11(2)21(10)13-4-5-13)17(22)9-24-18(23)15-8-12(19)3-6-16(15)20/h3,6-8,13H,4-5,9H2,1-2H3. The van der Waals surface area contributed by atoms with Gasteiger partial charge in [0, 0.05) is 28.0 Å². The van der Waals surface area contributed by atoms with Crippen LogP contribution in [0.1, 0.15) is 51.0 Å². The molecule has 1 saturated carbocycles. The van der Waals surface area contributed by atoms with Gasteiger partial charge >= 0.3 is 5.97 Å². The number of hydrogen-bond acceptors (Lipinski definition) is 3. The van der Waals surface area contributed by atoms with E-state index in [1.54, 1.807) is 6.07 Å². The summed E-state index contributed by atoms with van der Waals surface area (Å²) in [5.74, 6) is -0.881. The summed E-state index contributed by atoms with van der Waals surface area (Å²) >= 11 is 11.8. The van der Waals surface area contributed by atoms with Crippen molar-refractivity contribution in [2.24, 2.45) is 0 Å². The van der Waals surface area contributed by atoms with Crippen molar-refractivity contribution < 1.29 is 14.3 Å². The van der Waals surface area contributed by atoms with Gasteiger partial charge in [0.2, 0.25) is 5.78 Å². The van der Waals surface area contributed by atoms with Gasteiger partial charge in [-0.25, -0.2) is 4.79 Å². The highest BCUT2D eigenvalue weighted by Gasteiger charge is 2.28. The molecule has 1 aliphatic rings. The minimum atomic E-state index is -0.660. The molecule has 0 spiro atoms. The Kier molecular flexibility index (Phi) is 4.70. The van der Waals surface area contributed by atoms with Gasteiger partial charge < -0.3 is 9.30 Å². The van der Waals surface area contributed by atoms with E-state index in [2.05, 4.69) is 4.57 Å². The number of rotatable bonds is 5. The predicted molar refractivity (Wildman–Crippen MR) is 93.3 cm³/mol. The number of Topliss-reactive ketones (excluding diaryl/α,β-unsaturated/α-hetero) is 1. The maximum atomic E-state index is 12.4. The van der Waals surface area contributed by atoms with Crippen molar-refractivity contribution in [1.29, 1.82) is 0 Å². The van der Waals surface area contributed by atoms with Gasteiger partial charge in [-0.15, -0.1) is 0 Å². The molecule has 0 aliphatic heterocycles. The summed E-state index contributed by atoms with van der Waals surface area (Å²) in [5, 5.41) is 0.620. The largest absolute Gasteiger partial charge is 0.454 e. The first kappa shape index (κ1) is 17.1. The fourth-order valence-electron chi connectivity index (χ4n) is 2.89. The van der Waals surface area contributed by atoms with Gasteiger partial charge in [-0.1, -0.05) is 23.2 Å². The highest BCUT2D eigenvalue weighted by molar-refractivity contribution is 6.35. The van der Waals surface area contributed by atoms with Crippen molar-refractivity contribution in [1.82, 2.24) is 4.57 Å². The van der Waals surface area contributed by atoms with Crippen molar-refractivity contribution >= 4 is 35.0 Å². The Morgan fingerprint density at radius 2 is 1.88 bits per heavy atom. The van der Waals surface area contributed by atoms with Crippen LogP contribution in [0.2, 0.25) is 10.0 Å². The van der Waals surface area contributed by atoms with Crippen LogP contribution in [0, 0.1) is 13.8 Å². The van der Waals surface area contributed by atoms with E-state index in [0.29, 0.717) is 16.6 Å². The number of aromatic nitrogens is 1. The summed E-state index contributed by atoms with van der Waals surface area (Å²) in [6.07, 6.45) is 2.29. The van der Waals surface area contributed by atoms with E-state index in [1.807, 2.05) is 19.9 Å². The van der Waals surface area contributed by atoms with Crippen molar-refractivity contribution in [2.45, 2.75) is 32.7 Å². The molecule has 126 valence electrons. The second-order valence-electron chi connectivity index (χ2n) is 6.01. The molecule has 0 unspecified atom stereocenters. The molecular formula is C18H17Cl2NO3. The van der Waals surface area contributed by atoms with Gasteiger partial charge in [0.05, 0.1) is 10.6 Å². The highest BCUT2D eigenvalue weighted by Crippen LogP contribution is 2.38. The number of ether oxygens (including phenoxy) is 1. The first-order valence-corrected chi connectivity index (χ1v) is 8.48. The SMILES string of the molecule is Cc1cc(C(=O)COC(=O)c2cc(Cl)ccc2Cl)c(C)n1C1CC1. The molecule has 0 N–H and O–H groups in total. The molecular weight excluding hydrogens is 349 g/mol. The van der Waals surface area contributed by atoms with Crippen LogP contribution in [0.3, 0.4) is 0 Å². The van der Waals surface area contributed by atoms with E-state index >= 15 is 0 Å². The Balaban J connectivity index is 1.71. The summed E-state index contributed by atoms with van der Waals surface area (Å²) in [4.78, 5) is 24.5. The molecule has 1 fully saturated rings. The smallest absolute Gasteiger partial charge is 0.340 e. The third-order valence-electron chi connectivity index (χ3n) is 4.18. The van der Waals surface area contributed by atoms with Crippen LogP contribution in [0.5, 0.6) is 0 Å². The lowest BCUT2D eigenvalue weighted by atomic mass is 10.1. The Hall–Kier alpha value is -1.78. The summed E-state index contributed by atoms with van der Waals surface area (Å²) in [5.41, 5.74) is 2.74. The minimum Gasteiger partial charge on any atom is -0.454 e. The average Bonchev–Trinajstić information content (AvgIpc) is 3.32. The average molecular weight is 366 g/mol. The molecule has 0 saturated heterocycles. The maximum Gasteiger partial charge on any atom is 0.340 e. The monoisotopic (exact) mass is 365 g/mol. The number of aryl methyl sites for hydroxylation is 1. The molecule has 1 aromatic carbocycles. The Morgan fingerprint density at radius 3 is 2.54 bits per heavy atom. The topological polar surface area (TPSA) is 48.3 Å². The number of ketones is 1. The van der Waals surface area contributed by atoms with Crippen molar-refractivity contribution in [3.05, 3.63) is 56.8 Å². The summed E-state index contributed by atoms with van der Waals surface area (Å²) in [7, 11) is 0. The van der Waals surface area contributed by atoms with E-state index in [4.69, 9.17) is 27.9 Å². The molecule has 0 atom stereocenters. The number of hydrogen-bond donors (Lipinski definition) is 0. The molecule has 2 aromatic rings. The van der Waals surface area contributed by atoms with Gasteiger partial charge in [-0.3, -0.25) is 4.79 Å². The molecule has 24 heavy (non-hydrogen) atoms.